The summed E-state index contributed by atoms with van der Waals surface area (Å²) >= 11 is 3.23. The van der Waals surface area contributed by atoms with Crippen LogP contribution >= 0.6 is 23.1 Å². The Labute approximate surface area is 116 Å². The highest BCUT2D eigenvalue weighted by atomic mass is 32.2. The average molecular weight is 282 g/mol. The van der Waals surface area contributed by atoms with Crippen LogP contribution in [-0.4, -0.2) is 21.2 Å². The second kappa shape index (κ2) is 3.79. The Morgan fingerprint density at radius 1 is 1.33 bits per heavy atom. The Morgan fingerprint density at radius 2 is 2.06 bits per heavy atom. The van der Waals surface area contributed by atoms with Crippen molar-refractivity contribution in [2.75, 3.05) is 0 Å². The summed E-state index contributed by atoms with van der Waals surface area (Å²) in [5.74, 6) is 0.681. The highest BCUT2D eigenvalue weighted by Gasteiger charge is 2.66. The van der Waals surface area contributed by atoms with Crippen LogP contribution < -0.4 is 0 Å². The van der Waals surface area contributed by atoms with Crippen LogP contribution in [0.4, 0.5) is 0 Å². The fourth-order valence-corrected chi connectivity index (χ4v) is 6.11. The number of fused-ring (bicyclic) bond motifs is 2. The maximum Gasteiger partial charge on any atom is 0.175 e. The van der Waals surface area contributed by atoms with Crippen molar-refractivity contribution in [1.29, 1.82) is 0 Å². The Hall–Kier alpha value is -0.420. The number of hydrogen-bond donors (Lipinski definition) is 0. The Bertz CT molecular complexity index is 511. The van der Waals surface area contributed by atoms with E-state index in [2.05, 4.69) is 31.0 Å². The highest BCUT2D eigenvalue weighted by molar-refractivity contribution is 8.02. The largest absolute Gasteiger partial charge is 0.298 e. The van der Waals surface area contributed by atoms with E-state index in [1.54, 1.807) is 23.1 Å². The molecule has 0 amide bonds. The molecular weight excluding hydrogens is 264 g/mol. The van der Waals surface area contributed by atoms with E-state index >= 15 is 0 Å². The van der Waals surface area contributed by atoms with E-state index in [1.807, 2.05) is 6.92 Å². The van der Waals surface area contributed by atoms with Gasteiger partial charge in [-0.2, -0.15) is 0 Å². The first-order valence-corrected chi connectivity index (χ1v) is 8.06. The molecule has 98 valence electrons. The molecule has 1 heterocycles. The van der Waals surface area contributed by atoms with Crippen molar-refractivity contribution in [2.45, 2.75) is 50.1 Å². The molecule has 2 saturated carbocycles. The average Bonchev–Trinajstić information content (AvgIpc) is 2.82. The summed E-state index contributed by atoms with van der Waals surface area (Å²) < 4.78 is 0.940. The van der Waals surface area contributed by atoms with Crippen molar-refractivity contribution < 1.29 is 4.79 Å². The van der Waals surface area contributed by atoms with E-state index in [9.17, 15) is 4.79 Å². The van der Waals surface area contributed by atoms with E-state index in [0.717, 1.165) is 22.2 Å². The Morgan fingerprint density at radius 3 is 2.56 bits per heavy atom. The first kappa shape index (κ1) is 12.6. The zero-order chi connectivity index (χ0) is 13.1. The van der Waals surface area contributed by atoms with Gasteiger partial charge in [-0.1, -0.05) is 43.9 Å². The number of aryl methyl sites for hydroxylation is 1. The lowest BCUT2D eigenvalue weighted by molar-refractivity contribution is -0.122. The monoisotopic (exact) mass is 282 g/mol. The second-order valence-electron chi connectivity index (χ2n) is 6.22. The van der Waals surface area contributed by atoms with Gasteiger partial charge >= 0.3 is 0 Å². The molecule has 0 spiro atoms. The smallest absolute Gasteiger partial charge is 0.175 e. The van der Waals surface area contributed by atoms with Gasteiger partial charge in [0.05, 0.1) is 5.25 Å². The van der Waals surface area contributed by atoms with Crippen LogP contribution in [0.1, 0.15) is 38.6 Å². The topological polar surface area (TPSA) is 42.9 Å². The molecule has 2 aliphatic rings. The number of nitrogens with zero attached hydrogens (tertiary/aromatic N) is 2. The number of thioether (sulfide) groups is 1. The third-order valence-electron chi connectivity index (χ3n) is 5.20. The molecule has 0 aliphatic heterocycles. The van der Waals surface area contributed by atoms with Crippen LogP contribution in [0.15, 0.2) is 4.34 Å². The summed E-state index contributed by atoms with van der Waals surface area (Å²) in [5.41, 5.74) is 0.237. The minimum atomic E-state index is 0.0681. The van der Waals surface area contributed by atoms with Crippen molar-refractivity contribution in [1.82, 2.24) is 10.2 Å². The van der Waals surface area contributed by atoms with Gasteiger partial charge in [-0.05, 0) is 30.6 Å². The standard InChI is InChI=1S/C13H18N2OS2/c1-7-14-15-11(17-7)18-10-9(16)8-5-6-13(10,4)12(8,2)3/h8,10H,5-6H2,1-4H3/t8-,10-,13+/m1/s1. The van der Waals surface area contributed by atoms with E-state index in [0.29, 0.717) is 5.78 Å². The molecule has 3 rings (SSSR count). The summed E-state index contributed by atoms with van der Waals surface area (Å²) in [6, 6.07) is 0. The number of rotatable bonds is 2. The lowest BCUT2D eigenvalue weighted by Gasteiger charge is -2.37. The summed E-state index contributed by atoms with van der Waals surface area (Å²) in [5, 5.41) is 9.23. The number of carbonyl (C=O) groups excluding carboxylic acids is 1. The lowest BCUT2D eigenvalue weighted by Crippen LogP contribution is -2.35. The fraction of sp³-hybridized carbons (Fsp3) is 0.769. The summed E-state index contributed by atoms with van der Waals surface area (Å²) in [6.07, 6.45) is 2.22. The van der Waals surface area contributed by atoms with E-state index < -0.39 is 0 Å². The maximum absolute atomic E-state index is 12.5. The van der Waals surface area contributed by atoms with Gasteiger partial charge < -0.3 is 0 Å². The molecule has 2 bridgehead atoms. The van der Waals surface area contributed by atoms with E-state index in [4.69, 9.17) is 0 Å². The van der Waals surface area contributed by atoms with Crippen LogP contribution in [0.5, 0.6) is 0 Å². The minimum absolute atomic E-state index is 0.0681. The number of Topliss-reactive ketones (excluding diaryl/α,β-unsaturated/α-hetero) is 1. The molecule has 2 aliphatic carbocycles. The molecule has 3 atom stereocenters. The van der Waals surface area contributed by atoms with Crippen molar-refractivity contribution >= 4 is 28.9 Å². The highest BCUT2D eigenvalue weighted by Crippen LogP contribution is 2.67. The van der Waals surface area contributed by atoms with Crippen LogP contribution in [0.2, 0.25) is 0 Å². The molecule has 0 saturated heterocycles. The molecule has 1 aromatic rings. The predicted molar refractivity (Wildman–Crippen MR) is 73.9 cm³/mol. The minimum Gasteiger partial charge on any atom is -0.298 e. The first-order valence-electron chi connectivity index (χ1n) is 6.37. The predicted octanol–water partition coefficient (Wildman–Crippen LogP) is 3.33. The van der Waals surface area contributed by atoms with Crippen molar-refractivity contribution in [3.63, 3.8) is 0 Å². The van der Waals surface area contributed by atoms with Gasteiger partial charge in [0, 0.05) is 5.92 Å². The fourth-order valence-electron chi connectivity index (χ4n) is 3.60. The zero-order valence-electron chi connectivity index (χ0n) is 11.2. The molecular formula is C13H18N2OS2. The molecule has 1 aromatic heterocycles. The van der Waals surface area contributed by atoms with Crippen molar-refractivity contribution in [3.8, 4) is 0 Å². The Kier molecular flexibility index (Phi) is 2.66. The quantitative estimate of drug-likeness (QED) is 0.834. The van der Waals surface area contributed by atoms with Crippen molar-refractivity contribution in [2.24, 2.45) is 16.7 Å². The molecule has 2 fully saturated rings. The van der Waals surface area contributed by atoms with Crippen LogP contribution in [0, 0.1) is 23.7 Å². The normalized spacial score (nSPS) is 37.4. The van der Waals surface area contributed by atoms with Gasteiger partial charge in [-0.3, -0.25) is 4.79 Å². The van der Waals surface area contributed by atoms with Gasteiger partial charge in [0.15, 0.2) is 4.34 Å². The lowest BCUT2D eigenvalue weighted by atomic mass is 9.71. The summed E-state index contributed by atoms with van der Waals surface area (Å²) in [4.78, 5) is 12.5. The summed E-state index contributed by atoms with van der Waals surface area (Å²) in [6.45, 7) is 8.75. The van der Waals surface area contributed by atoms with E-state index in [-0.39, 0.29) is 22.0 Å². The number of hydrogen-bond acceptors (Lipinski definition) is 5. The molecule has 5 heteroatoms. The van der Waals surface area contributed by atoms with Crippen LogP contribution in [0.25, 0.3) is 0 Å². The number of ketones is 1. The third kappa shape index (κ3) is 1.46. The second-order valence-corrected chi connectivity index (χ2v) is 8.75. The SMILES string of the molecule is Cc1nnc(S[C@@H]2C(=O)[C@H]3CC[C@]2(C)C3(C)C)s1. The van der Waals surface area contributed by atoms with Gasteiger partial charge in [-0.15, -0.1) is 10.2 Å². The molecule has 0 radical (unpaired) electrons. The molecule has 0 unspecified atom stereocenters. The number of carbonyl (C=O) groups is 1. The summed E-state index contributed by atoms with van der Waals surface area (Å²) in [7, 11) is 0. The first-order chi connectivity index (χ1) is 8.36. The van der Waals surface area contributed by atoms with Gasteiger partial charge in [-0.25, -0.2) is 0 Å². The molecule has 0 N–H and O–H groups in total. The zero-order valence-corrected chi connectivity index (χ0v) is 12.8. The van der Waals surface area contributed by atoms with Gasteiger partial charge in [0.1, 0.15) is 10.8 Å². The van der Waals surface area contributed by atoms with Crippen LogP contribution in [0.3, 0.4) is 0 Å². The Balaban J connectivity index is 1.92. The van der Waals surface area contributed by atoms with Crippen LogP contribution in [-0.2, 0) is 4.79 Å². The van der Waals surface area contributed by atoms with Gasteiger partial charge in [0.25, 0.3) is 0 Å². The molecule has 0 aromatic carbocycles. The molecule has 3 nitrogen and oxygen atoms in total. The number of aromatic nitrogens is 2. The van der Waals surface area contributed by atoms with E-state index in [1.165, 1.54) is 0 Å². The third-order valence-corrected chi connectivity index (χ3v) is 7.65. The van der Waals surface area contributed by atoms with Gasteiger partial charge in [0.2, 0.25) is 0 Å². The van der Waals surface area contributed by atoms with Crippen molar-refractivity contribution in [3.05, 3.63) is 5.01 Å². The molecule has 18 heavy (non-hydrogen) atoms. The maximum atomic E-state index is 12.5.